The Kier molecular flexibility index (Phi) is 5.33. The molecule has 3 N–H and O–H groups in total. The highest BCUT2D eigenvalue weighted by Crippen LogP contribution is 2.39. The Hall–Kier alpha value is -4.11. The molecule has 0 atom stereocenters. The molecule has 0 bridgehead atoms. The molecule has 5 rings (SSSR count). The third-order valence-corrected chi connectivity index (χ3v) is 5.83. The second-order valence-electron chi connectivity index (χ2n) is 8.62. The van der Waals surface area contributed by atoms with Crippen molar-refractivity contribution in [2.24, 2.45) is 0 Å². The van der Waals surface area contributed by atoms with Crippen LogP contribution in [-0.2, 0) is 0 Å². The second kappa shape index (κ2) is 8.35. The molecule has 174 valence electrons. The number of rotatable bonds is 6. The summed E-state index contributed by atoms with van der Waals surface area (Å²) in [5.41, 5.74) is 10.1. The van der Waals surface area contributed by atoms with Crippen molar-refractivity contribution in [3.8, 4) is 22.9 Å². The molecule has 0 saturated heterocycles. The van der Waals surface area contributed by atoms with E-state index in [-0.39, 0.29) is 11.3 Å². The van der Waals surface area contributed by atoms with Crippen LogP contribution in [0.3, 0.4) is 0 Å². The minimum absolute atomic E-state index is 0.176. The van der Waals surface area contributed by atoms with Crippen molar-refractivity contribution in [2.75, 3.05) is 33.0 Å². The third-order valence-electron chi connectivity index (χ3n) is 5.83. The number of H-pyrrole nitrogens is 1. The Morgan fingerprint density at radius 1 is 1.15 bits per heavy atom. The Labute approximate surface area is 195 Å². The van der Waals surface area contributed by atoms with Crippen molar-refractivity contribution < 1.29 is 9.15 Å². The summed E-state index contributed by atoms with van der Waals surface area (Å²) in [7, 11) is 4.00. The van der Waals surface area contributed by atoms with E-state index in [1.54, 1.807) is 4.68 Å². The van der Waals surface area contributed by atoms with Crippen LogP contribution >= 0.6 is 0 Å². The first-order valence-electron chi connectivity index (χ1n) is 11.0. The lowest BCUT2D eigenvalue weighted by Gasteiger charge is -2.12. The summed E-state index contributed by atoms with van der Waals surface area (Å²) in [6, 6.07) is 13.6. The van der Waals surface area contributed by atoms with Gasteiger partial charge in [0.15, 0.2) is 17.1 Å². The van der Waals surface area contributed by atoms with E-state index in [2.05, 4.69) is 26.3 Å². The van der Waals surface area contributed by atoms with Gasteiger partial charge in [0.2, 0.25) is 0 Å². The van der Waals surface area contributed by atoms with Crippen LogP contribution in [0.5, 0.6) is 5.75 Å². The number of hydrogen-bond acceptors (Lipinski definition) is 7. The van der Waals surface area contributed by atoms with Crippen molar-refractivity contribution in [2.45, 2.75) is 13.8 Å². The zero-order valence-corrected chi connectivity index (χ0v) is 19.5. The molecule has 34 heavy (non-hydrogen) atoms. The van der Waals surface area contributed by atoms with Crippen molar-refractivity contribution in [3.63, 3.8) is 0 Å². The molecule has 2 aromatic carbocycles. The molecule has 0 unspecified atom stereocenters. The van der Waals surface area contributed by atoms with Gasteiger partial charge in [-0.25, -0.2) is 9.78 Å². The highest BCUT2D eigenvalue weighted by Gasteiger charge is 2.25. The minimum Gasteiger partial charge on any atom is -0.492 e. The van der Waals surface area contributed by atoms with E-state index in [0.29, 0.717) is 23.4 Å². The minimum atomic E-state index is -0.419. The Morgan fingerprint density at radius 3 is 2.65 bits per heavy atom. The predicted molar refractivity (Wildman–Crippen MR) is 133 cm³/mol. The largest absolute Gasteiger partial charge is 0.492 e. The van der Waals surface area contributed by atoms with Gasteiger partial charge in [0.05, 0.1) is 11.1 Å². The highest BCUT2D eigenvalue weighted by atomic mass is 16.5. The maximum atomic E-state index is 12.6. The molecule has 0 aliphatic rings. The van der Waals surface area contributed by atoms with Crippen molar-refractivity contribution in [1.82, 2.24) is 24.9 Å². The van der Waals surface area contributed by atoms with Crippen molar-refractivity contribution >= 4 is 27.7 Å². The number of anilines is 1. The lowest BCUT2D eigenvalue weighted by Crippen LogP contribution is -2.19. The molecule has 0 aliphatic heterocycles. The van der Waals surface area contributed by atoms with Crippen molar-refractivity contribution in [3.05, 3.63) is 63.9 Å². The van der Waals surface area contributed by atoms with Gasteiger partial charge < -0.3 is 19.8 Å². The van der Waals surface area contributed by atoms with Gasteiger partial charge >= 0.3 is 0 Å². The van der Waals surface area contributed by atoms with Crippen LogP contribution in [0.1, 0.15) is 11.1 Å². The van der Waals surface area contributed by atoms with Crippen LogP contribution in [0.4, 0.5) is 5.82 Å². The van der Waals surface area contributed by atoms with Gasteiger partial charge in [-0.15, -0.1) is 0 Å². The number of benzene rings is 2. The molecule has 0 saturated carbocycles. The fourth-order valence-corrected chi connectivity index (χ4v) is 4.03. The quantitative estimate of drug-likeness (QED) is 0.399. The monoisotopic (exact) mass is 458 g/mol. The predicted octanol–water partition coefficient (Wildman–Crippen LogP) is 3.66. The molecule has 0 fully saturated rings. The smallest absolute Gasteiger partial charge is 0.292 e. The van der Waals surface area contributed by atoms with Gasteiger partial charge in [-0.3, -0.25) is 4.79 Å². The number of aromatic nitrogens is 4. The molecule has 0 amide bonds. The standard InChI is InChI=1S/C25H26N6O3/c1-14-5-10-19-18(13-14)15(2)23(34-19)22-20-21(25(32)28-27-24(20)26)29-31(22)16-6-8-17(9-7-16)33-12-11-30(3)4/h5-10,13H,11-12H2,1-4H3,(H2,26,27)(H,28,32). The number of fused-ring (bicyclic) bond motifs is 2. The van der Waals surface area contributed by atoms with Crippen LogP contribution in [0, 0.1) is 13.8 Å². The number of nitrogens with two attached hydrogens (primary N) is 1. The van der Waals surface area contributed by atoms with Gasteiger partial charge in [-0.1, -0.05) is 11.6 Å². The molecule has 0 spiro atoms. The number of aromatic amines is 1. The number of nitrogens with one attached hydrogen (secondary N) is 1. The van der Waals surface area contributed by atoms with Gasteiger partial charge in [-0.05, 0) is 64.3 Å². The van der Waals surface area contributed by atoms with E-state index in [1.165, 1.54) is 0 Å². The topological polar surface area (TPSA) is 115 Å². The summed E-state index contributed by atoms with van der Waals surface area (Å²) in [4.78, 5) is 14.6. The van der Waals surface area contributed by atoms with Crippen LogP contribution in [0.25, 0.3) is 39.0 Å². The number of likely N-dealkylation sites (N-methyl/N-ethyl adjacent to an activating group) is 1. The Balaban J connectivity index is 1.69. The first kappa shape index (κ1) is 21.7. The number of nitrogen functional groups attached to an aromatic ring is 1. The third kappa shape index (κ3) is 3.69. The summed E-state index contributed by atoms with van der Waals surface area (Å²) >= 11 is 0. The van der Waals surface area contributed by atoms with E-state index < -0.39 is 5.56 Å². The maximum Gasteiger partial charge on any atom is 0.292 e. The molecule has 9 nitrogen and oxygen atoms in total. The highest BCUT2D eigenvalue weighted by molar-refractivity contribution is 6.02. The van der Waals surface area contributed by atoms with E-state index in [4.69, 9.17) is 14.9 Å². The lowest BCUT2D eigenvalue weighted by molar-refractivity contribution is 0.261. The van der Waals surface area contributed by atoms with Gasteiger partial charge in [0, 0.05) is 17.5 Å². The molecule has 0 radical (unpaired) electrons. The average Bonchev–Trinajstić information content (AvgIpc) is 3.36. The fourth-order valence-electron chi connectivity index (χ4n) is 4.03. The number of ether oxygens (including phenoxy) is 1. The van der Waals surface area contributed by atoms with Crippen LogP contribution in [0.2, 0.25) is 0 Å². The number of furan rings is 1. The van der Waals surface area contributed by atoms with Crippen LogP contribution in [-0.4, -0.2) is 52.1 Å². The van der Waals surface area contributed by atoms with E-state index in [9.17, 15) is 4.79 Å². The van der Waals surface area contributed by atoms with Gasteiger partial charge in [-0.2, -0.15) is 10.2 Å². The van der Waals surface area contributed by atoms with E-state index in [0.717, 1.165) is 40.1 Å². The SMILES string of the molecule is Cc1ccc2oc(-c3c4c(N)n[nH]c(=O)c4nn3-c3ccc(OCCN(C)C)cc3)c(C)c2c1. The van der Waals surface area contributed by atoms with E-state index in [1.807, 2.05) is 64.3 Å². The summed E-state index contributed by atoms with van der Waals surface area (Å²) in [6.45, 7) is 5.42. The second-order valence-corrected chi connectivity index (χ2v) is 8.62. The first-order valence-corrected chi connectivity index (χ1v) is 11.0. The summed E-state index contributed by atoms with van der Waals surface area (Å²) in [5.74, 6) is 1.52. The number of aryl methyl sites for hydroxylation is 2. The van der Waals surface area contributed by atoms with Crippen LogP contribution < -0.4 is 16.0 Å². The van der Waals surface area contributed by atoms with Crippen molar-refractivity contribution in [1.29, 1.82) is 0 Å². The fraction of sp³-hybridized carbons (Fsp3) is 0.240. The molecule has 0 aliphatic carbocycles. The number of nitrogens with zero attached hydrogens (tertiary/aromatic N) is 4. The summed E-state index contributed by atoms with van der Waals surface area (Å²) in [5, 5.41) is 12.5. The zero-order valence-electron chi connectivity index (χ0n) is 19.5. The van der Waals surface area contributed by atoms with Crippen LogP contribution in [0.15, 0.2) is 51.7 Å². The molecular weight excluding hydrogens is 432 g/mol. The van der Waals surface area contributed by atoms with E-state index >= 15 is 0 Å². The summed E-state index contributed by atoms with van der Waals surface area (Å²) in [6.07, 6.45) is 0. The molecule has 3 heterocycles. The Morgan fingerprint density at radius 2 is 1.91 bits per heavy atom. The maximum absolute atomic E-state index is 12.6. The molecule has 3 aromatic heterocycles. The molecule has 5 aromatic rings. The molecular formula is C25H26N6O3. The number of hydrogen-bond donors (Lipinski definition) is 2. The van der Waals surface area contributed by atoms with Gasteiger partial charge in [0.25, 0.3) is 5.56 Å². The zero-order chi connectivity index (χ0) is 24.0. The Bertz CT molecular complexity index is 1560. The normalized spacial score (nSPS) is 11.7. The average molecular weight is 459 g/mol. The van der Waals surface area contributed by atoms with Gasteiger partial charge in [0.1, 0.15) is 23.6 Å². The summed E-state index contributed by atoms with van der Waals surface area (Å²) < 4.78 is 13.8. The molecule has 9 heteroatoms. The first-order chi connectivity index (χ1) is 16.3. The lowest BCUT2D eigenvalue weighted by atomic mass is 10.1.